The molecule has 1 amide bonds. The highest BCUT2D eigenvalue weighted by Crippen LogP contribution is 2.41. The van der Waals surface area contributed by atoms with E-state index >= 15 is 0 Å². The topological polar surface area (TPSA) is 106 Å². The van der Waals surface area contributed by atoms with Crippen LogP contribution in [0, 0.1) is 6.92 Å². The molecule has 0 saturated carbocycles. The van der Waals surface area contributed by atoms with Crippen LogP contribution in [0.1, 0.15) is 27.9 Å². The van der Waals surface area contributed by atoms with E-state index < -0.39 is 23.5 Å². The van der Waals surface area contributed by atoms with Gasteiger partial charge < -0.3 is 14.3 Å². The molecule has 1 N–H and O–H groups in total. The summed E-state index contributed by atoms with van der Waals surface area (Å²) in [5.74, 6) is -0.796. The number of carbonyl (C=O) groups excluding carboxylic acids is 2. The summed E-state index contributed by atoms with van der Waals surface area (Å²) < 4.78 is 11.0. The Hall–Kier alpha value is -4.20. The number of amides is 1. The smallest absolute Gasteiger partial charge is 0.296 e. The minimum absolute atomic E-state index is 0.0265. The first-order chi connectivity index (χ1) is 15.0. The quantitative estimate of drug-likeness (QED) is 0.461. The van der Waals surface area contributed by atoms with Gasteiger partial charge in [0.05, 0.1) is 11.6 Å². The summed E-state index contributed by atoms with van der Waals surface area (Å²) in [7, 11) is 0. The molecule has 1 unspecified atom stereocenters. The van der Waals surface area contributed by atoms with Crippen molar-refractivity contribution in [1.82, 2.24) is 9.97 Å². The van der Waals surface area contributed by atoms with E-state index in [0.717, 1.165) is 0 Å². The Bertz CT molecular complexity index is 1170. The summed E-state index contributed by atoms with van der Waals surface area (Å²) in [4.78, 5) is 35.7. The van der Waals surface area contributed by atoms with Crippen molar-refractivity contribution in [1.29, 1.82) is 0 Å². The number of aryl methyl sites for hydroxylation is 1. The molecule has 31 heavy (non-hydrogen) atoms. The number of benzene rings is 1. The van der Waals surface area contributed by atoms with Gasteiger partial charge in [-0.2, -0.15) is 0 Å². The average molecular weight is 417 g/mol. The third-order valence-corrected chi connectivity index (χ3v) is 4.75. The monoisotopic (exact) mass is 417 g/mol. The van der Waals surface area contributed by atoms with Crippen molar-refractivity contribution in [2.45, 2.75) is 13.0 Å². The molecule has 1 aliphatic rings. The summed E-state index contributed by atoms with van der Waals surface area (Å²) in [5.41, 5.74) is 0.467. The van der Waals surface area contributed by atoms with Crippen molar-refractivity contribution in [3.8, 4) is 5.75 Å². The van der Waals surface area contributed by atoms with Gasteiger partial charge in [-0.15, -0.1) is 0 Å². The van der Waals surface area contributed by atoms with Crippen molar-refractivity contribution in [3.05, 3.63) is 95.9 Å². The maximum atomic E-state index is 13.2. The lowest BCUT2D eigenvalue weighted by Crippen LogP contribution is -2.32. The van der Waals surface area contributed by atoms with Gasteiger partial charge in [-0.3, -0.25) is 14.5 Å². The van der Waals surface area contributed by atoms with E-state index in [0.29, 0.717) is 23.7 Å². The fraction of sp³-hybridized carbons (Fsp3) is 0.130. The van der Waals surface area contributed by atoms with Crippen molar-refractivity contribution >= 4 is 17.6 Å². The van der Waals surface area contributed by atoms with Crippen LogP contribution >= 0.6 is 0 Å². The number of aromatic nitrogens is 2. The second-order valence-corrected chi connectivity index (χ2v) is 6.80. The van der Waals surface area contributed by atoms with Gasteiger partial charge in [0.2, 0.25) is 11.7 Å². The number of Topliss-reactive ketones (excluding diaryl/α,β-unsaturated/α-hetero) is 1. The Balaban J connectivity index is 1.81. The van der Waals surface area contributed by atoms with Crippen LogP contribution in [0.5, 0.6) is 5.75 Å². The van der Waals surface area contributed by atoms with Gasteiger partial charge in [0.1, 0.15) is 18.1 Å². The van der Waals surface area contributed by atoms with E-state index in [9.17, 15) is 14.7 Å². The average Bonchev–Trinajstić information content (AvgIpc) is 3.34. The fourth-order valence-corrected chi connectivity index (χ4v) is 3.37. The minimum atomic E-state index is -0.943. The Kier molecular flexibility index (Phi) is 5.36. The largest absolute Gasteiger partial charge is 0.503 e. The number of nitrogens with zero attached hydrogens (tertiary/aromatic N) is 3. The third kappa shape index (κ3) is 3.71. The van der Waals surface area contributed by atoms with Gasteiger partial charge in [-0.05, 0) is 42.8 Å². The predicted octanol–water partition coefficient (Wildman–Crippen LogP) is 3.73. The lowest BCUT2D eigenvalue weighted by molar-refractivity contribution is -0.117. The molecule has 0 radical (unpaired) electrons. The zero-order valence-corrected chi connectivity index (χ0v) is 16.7. The van der Waals surface area contributed by atoms with Crippen molar-refractivity contribution in [2.75, 3.05) is 11.5 Å². The van der Waals surface area contributed by atoms with Crippen LogP contribution in [0.3, 0.4) is 0 Å². The standard InChI is InChI=1S/C23H19N3O5/c1-3-13-30-16-8-6-15(7-9-16)19-18(20(27)17-10-5-14(2)31-17)21(28)22(29)26(19)23-24-11-4-12-25-23/h3-12,19,28H,1,13H2,2H3. The molecule has 0 spiro atoms. The number of aliphatic hydroxyl groups is 1. The summed E-state index contributed by atoms with van der Waals surface area (Å²) in [6.45, 7) is 5.66. The first-order valence-corrected chi connectivity index (χ1v) is 9.49. The number of ether oxygens (including phenoxy) is 1. The molecule has 0 fully saturated rings. The van der Waals surface area contributed by atoms with Gasteiger partial charge in [0.25, 0.3) is 5.91 Å². The van der Waals surface area contributed by atoms with E-state index in [-0.39, 0.29) is 17.3 Å². The zero-order chi connectivity index (χ0) is 22.0. The SMILES string of the molecule is C=CCOc1ccc(C2C(C(=O)c3ccc(C)o3)=C(O)C(=O)N2c2ncccn2)cc1. The van der Waals surface area contributed by atoms with Crippen LogP contribution < -0.4 is 9.64 Å². The lowest BCUT2D eigenvalue weighted by Gasteiger charge is -2.24. The van der Waals surface area contributed by atoms with Gasteiger partial charge >= 0.3 is 0 Å². The Morgan fingerprint density at radius 1 is 1.23 bits per heavy atom. The van der Waals surface area contributed by atoms with E-state index in [4.69, 9.17) is 9.15 Å². The van der Waals surface area contributed by atoms with Gasteiger partial charge in [0.15, 0.2) is 11.5 Å². The molecule has 8 heteroatoms. The van der Waals surface area contributed by atoms with E-state index in [1.807, 2.05) is 0 Å². The highest BCUT2D eigenvalue weighted by molar-refractivity contribution is 6.19. The van der Waals surface area contributed by atoms with Crippen LogP contribution in [0.2, 0.25) is 0 Å². The maximum Gasteiger partial charge on any atom is 0.296 e. The predicted molar refractivity (Wildman–Crippen MR) is 112 cm³/mol. The molecule has 1 aliphatic heterocycles. The van der Waals surface area contributed by atoms with Crippen LogP contribution in [-0.4, -0.2) is 33.4 Å². The van der Waals surface area contributed by atoms with Crippen LogP contribution in [0.25, 0.3) is 0 Å². The van der Waals surface area contributed by atoms with Crippen molar-refractivity contribution in [2.24, 2.45) is 0 Å². The molecule has 3 heterocycles. The summed E-state index contributed by atoms with van der Waals surface area (Å²) in [6, 6.07) is 10.7. The lowest BCUT2D eigenvalue weighted by atomic mass is 9.95. The second kappa shape index (κ2) is 8.27. The normalized spacial score (nSPS) is 16.0. The molecule has 1 aromatic carbocycles. The van der Waals surface area contributed by atoms with Gasteiger partial charge in [-0.1, -0.05) is 24.8 Å². The van der Waals surface area contributed by atoms with E-state index in [1.165, 1.54) is 23.4 Å². The number of aliphatic hydroxyl groups excluding tert-OH is 1. The number of ketones is 1. The van der Waals surface area contributed by atoms with E-state index in [2.05, 4.69) is 16.5 Å². The summed E-state index contributed by atoms with van der Waals surface area (Å²) in [6.07, 6.45) is 4.58. The molecule has 3 aromatic rings. The maximum absolute atomic E-state index is 13.2. The van der Waals surface area contributed by atoms with Gasteiger partial charge in [0, 0.05) is 12.4 Å². The van der Waals surface area contributed by atoms with E-state index in [1.54, 1.807) is 49.4 Å². The van der Waals surface area contributed by atoms with Crippen LogP contribution in [0.15, 0.2) is 83.3 Å². The third-order valence-electron chi connectivity index (χ3n) is 4.75. The number of hydrogen-bond donors (Lipinski definition) is 1. The summed E-state index contributed by atoms with van der Waals surface area (Å²) in [5, 5.41) is 10.7. The van der Waals surface area contributed by atoms with Crippen molar-refractivity contribution in [3.63, 3.8) is 0 Å². The molecule has 4 rings (SSSR count). The number of hydrogen-bond acceptors (Lipinski definition) is 7. The minimum Gasteiger partial charge on any atom is -0.503 e. The molecular formula is C23H19N3O5. The molecule has 0 bridgehead atoms. The highest BCUT2D eigenvalue weighted by atomic mass is 16.5. The Morgan fingerprint density at radius 2 is 1.94 bits per heavy atom. The number of rotatable bonds is 7. The zero-order valence-electron chi connectivity index (χ0n) is 16.7. The molecule has 1 atom stereocenters. The van der Waals surface area contributed by atoms with Crippen molar-refractivity contribution < 1.29 is 23.8 Å². The molecule has 2 aromatic heterocycles. The van der Waals surface area contributed by atoms with Crippen LogP contribution in [0.4, 0.5) is 5.95 Å². The molecule has 156 valence electrons. The van der Waals surface area contributed by atoms with Crippen LogP contribution in [-0.2, 0) is 4.79 Å². The Labute approximate surface area is 178 Å². The highest BCUT2D eigenvalue weighted by Gasteiger charge is 2.46. The Morgan fingerprint density at radius 3 is 2.55 bits per heavy atom. The second-order valence-electron chi connectivity index (χ2n) is 6.80. The molecule has 0 saturated heterocycles. The molecule has 0 aliphatic carbocycles. The van der Waals surface area contributed by atoms with Gasteiger partial charge in [-0.25, -0.2) is 9.97 Å². The first-order valence-electron chi connectivity index (χ1n) is 9.49. The number of anilines is 1. The number of furan rings is 1. The molecular weight excluding hydrogens is 398 g/mol. The molecule has 8 nitrogen and oxygen atoms in total. The first kappa shape index (κ1) is 20.1. The fourth-order valence-electron chi connectivity index (χ4n) is 3.37. The number of carbonyl (C=O) groups is 2. The summed E-state index contributed by atoms with van der Waals surface area (Å²) >= 11 is 0.